The predicted molar refractivity (Wildman–Crippen MR) is 115 cm³/mol. The number of nitrogens with one attached hydrogen (secondary N) is 2. The Morgan fingerprint density at radius 3 is 2.11 bits per heavy atom. The molecule has 0 aliphatic rings. The highest BCUT2D eigenvalue weighted by molar-refractivity contribution is 5.94. The van der Waals surface area contributed by atoms with E-state index in [1.807, 2.05) is 48.5 Å². The van der Waals surface area contributed by atoms with Crippen LogP contribution in [0.3, 0.4) is 0 Å². The number of aliphatic hydroxyl groups is 1. The van der Waals surface area contributed by atoms with Crippen LogP contribution in [0, 0.1) is 0 Å². The Bertz CT molecular complexity index is 904. The molecule has 0 saturated heterocycles. The van der Waals surface area contributed by atoms with Crippen molar-refractivity contribution in [3.05, 3.63) is 102 Å². The molecule has 0 unspecified atom stereocenters. The fourth-order valence-electron chi connectivity index (χ4n) is 2.85. The summed E-state index contributed by atoms with van der Waals surface area (Å²) in [4.78, 5) is 11.9. The van der Waals surface area contributed by atoms with Crippen molar-refractivity contribution in [1.29, 1.82) is 0 Å². The third kappa shape index (κ3) is 5.56. The van der Waals surface area contributed by atoms with Gasteiger partial charge in [0.05, 0.1) is 6.61 Å². The summed E-state index contributed by atoms with van der Waals surface area (Å²) in [7, 11) is 0. The van der Waals surface area contributed by atoms with Crippen molar-refractivity contribution in [3.8, 4) is 0 Å². The molecular formula is C24H24N2O2. The molecule has 4 nitrogen and oxygen atoms in total. The van der Waals surface area contributed by atoms with Gasteiger partial charge < -0.3 is 15.7 Å². The molecule has 0 spiro atoms. The minimum Gasteiger partial charge on any atom is -0.395 e. The van der Waals surface area contributed by atoms with Gasteiger partial charge in [0.2, 0.25) is 0 Å². The number of hydrogen-bond donors (Lipinski definition) is 3. The van der Waals surface area contributed by atoms with Crippen molar-refractivity contribution in [2.24, 2.45) is 0 Å². The lowest BCUT2D eigenvalue weighted by Gasteiger charge is -2.12. The zero-order chi connectivity index (χ0) is 19.6. The average molecular weight is 372 g/mol. The lowest BCUT2D eigenvalue weighted by Crippen LogP contribution is -2.26. The summed E-state index contributed by atoms with van der Waals surface area (Å²) in [5.74, 6) is -0.186. The number of amides is 1. The van der Waals surface area contributed by atoms with Crippen LogP contribution >= 0.6 is 0 Å². The summed E-state index contributed by atoms with van der Waals surface area (Å²) in [6.07, 6.45) is 2.18. The number of rotatable bonds is 8. The topological polar surface area (TPSA) is 61.4 Å². The van der Waals surface area contributed by atoms with Gasteiger partial charge in [-0.15, -0.1) is 0 Å². The highest BCUT2D eigenvalue weighted by Gasteiger charge is 2.05. The number of anilines is 1. The van der Waals surface area contributed by atoms with Crippen LogP contribution in [0.5, 0.6) is 0 Å². The standard InChI is InChI=1S/C24H24N2O2/c27-16-15-25-24(28)21-11-13-23(14-12-21)26-18-22(20-9-5-2-6-10-20)17-19-7-3-1-4-8-19/h1-14,17,26-27H,15-16,18H2,(H,25,28)/b22-17-. The summed E-state index contributed by atoms with van der Waals surface area (Å²) >= 11 is 0. The molecule has 0 radical (unpaired) electrons. The van der Waals surface area contributed by atoms with E-state index in [1.54, 1.807) is 12.1 Å². The predicted octanol–water partition coefficient (Wildman–Crippen LogP) is 4.06. The molecule has 3 rings (SSSR count). The van der Waals surface area contributed by atoms with Crippen LogP contribution in [0.4, 0.5) is 5.69 Å². The van der Waals surface area contributed by atoms with Crippen LogP contribution in [0.25, 0.3) is 11.6 Å². The second kappa shape index (κ2) is 10.1. The monoisotopic (exact) mass is 372 g/mol. The van der Waals surface area contributed by atoms with Gasteiger partial charge in [0.25, 0.3) is 5.91 Å². The maximum Gasteiger partial charge on any atom is 0.251 e. The van der Waals surface area contributed by atoms with Gasteiger partial charge in [0.1, 0.15) is 0 Å². The highest BCUT2D eigenvalue weighted by atomic mass is 16.3. The van der Waals surface area contributed by atoms with Crippen molar-refractivity contribution >= 4 is 23.2 Å². The SMILES string of the molecule is O=C(NCCO)c1ccc(NC/C(=C/c2ccccc2)c2ccccc2)cc1. The van der Waals surface area contributed by atoms with Gasteiger partial charge in [-0.05, 0) is 47.0 Å². The normalized spacial score (nSPS) is 11.1. The Balaban J connectivity index is 1.72. The molecule has 0 aliphatic heterocycles. The quantitative estimate of drug-likeness (QED) is 0.523. The minimum absolute atomic E-state index is 0.0681. The van der Waals surface area contributed by atoms with Crippen molar-refractivity contribution in [2.45, 2.75) is 0 Å². The first-order valence-electron chi connectivity index (χ1n) is 9.30. The maximum absolute atomic E-state index is 11.9. The Kier molecular flexibility index (Phi) is 6.99. The van der Waals surface area contributed by atoms with Crippen molar-refractivity contribution in [3.63, 3.8) is 0 Å². The molecule has 3 aromatic rings. The summed E-state index contributed by atoms with van der Waals surface area (Å²) in [6, 6.07) is 27.9. The Labute approximate surface area is 165 Å². The zero-order valence-electron chi connectivity index (χ0n) is 15.6. The van der Waals surface area contributed by atoms with Crippen LogP contribution < -0.4 is 10.6 Å². The van der Waals surface area contributed by atoms with Crippen LogP contribution in [0.2, 0.25) is 0 Å². The van der Waals surface area contributed by atoms with E-state index in [0.717, 1.165) is 11.3 Å². The molecule has 0 atom stereocenters. The van der Waals surface area contributed by atoms with Crippen molar-refractivity contribution < 1.29 is 9.90 Å². The zero-order valence-corrected chi connectivity index (χ0v) is 15.6. The Morgan fingerprint density at radius 1 is 0.821 bits per heavy atom. The molecule has 0 fully saturated rings. The summed E-state index contributed by atoms with van der Waals surface area (Å²) in [5.41, 5.74) is 5.00. The molecule has 0 bridgehead atoms. The van der Waals surface area contributed by atoms with E-state index in [1.165, 1.54) is 11.1 Å². The second-order valence-corrected chi connectivity index (χ2v) is 6.36. The molecular weight excluding hydrogens is 348 g/mol. The Hall–Kier alpha value is -3.37. The van der Waals surface area contributed by atoms with Gasteiger partial charge in [-0.25, -0.2) is 0 Å². The van der Waals surface area contributed by atoms with Crippen LogP contribution in [-0.2, 0) is 0 Å². The first-order valence-corrected chi connectivity index (χ1v) is 9.30. The van der Waals surface area contributed by atoms with Gasteiger partial charge in [-0.2, -0.15) is 0 Å². The number of benzene rings is 3. The number of carbonyl (C=O) groups excluding carboxylic acids is 1. The van der Waals surface area contributed by atoms with E-state index >= 15 is 0 Å². The molecule has 4 heteroatoms. The number of hydrogen-bond acceptors (Lipinski definition) is 3. The van der Waals surface area contributed by atoms with Crippen LogP contribution in [0.15, 0.2) is 84.9 Å². The number of carbonyl (C=O) groups is 1. The van der Waals surface area contributed by atoms with Gasteiger partial charge in [0, 0.05) is 24.3 Å². The van der Waals surface area contributed by atoms with E-state index in [0.29, 0.717) is 12.1 Å². The van der Waals surface area contributed by atoms with Gasteiger partial charge >= 0.3 is 0 Å². The fraction of sp³-hybridized carbons (Fsp3) is 0.125. The van der Waals surface area contributed by atoms with Gasteiger partial charge in [-0.3, -0.25) is 4.79 Å². The van der Waals surface area contributed by atoms with Gasteiger partial charge in [-0.1, -0.05) is 60.7 Å². The summed E-state index contributed by atoms with van der Waals surface area (Å²) in [6.45, 7) is 0.847. The van der Waals surface area contributed by atoms with Crippen molar-refractivity contribution in [1.82, 2.24) is 5.32 Å². The molecule has 0 aromatic heterocycles. The molecule has 1 amide bonds. The first-order chi connectivity index (χ1) is 13.8. The van der Waals surface area contributed by atoms with Crippen LogP contribution in [-0.4, -0.2) is 30.7 Å². The van der Waals surface area contributed by atoms with Gasteiger partial charge in [0.15, 0.2) is 0 Å². The lowest BCUT2D eigenvalue weighted by atomic mass is 10.0. The van der Waals surface area contributed by atoms with E-state index in [9.17, 15) is 4.79 Å². The average Bonchev–Trinajstić information content (AvgIpc) is 2.76. The van der Waals surface area contributed by atoms with E-state index < -0.39 is 0 Å². The number of aliphatic hydroxyl groups excluding tert-OH is 1. The largest absolute Gasteiger partial charge is 0.395 e. The van der Waals surface area contributed by atoms with E-state index in [4.69, 9.17) is 5.11 Å². The summed E-state index contributed by atoms with van der Waals surface area (Å²) in [5, 5.41) is 14.9. The van der Waals surface area contributed by atoms with Crippen LogP contribution in [0.1, 0.15) is 21.5 Å². The minimum atomic E-state index is -0.186. The smallest absolute Gasteiger partial charge is 0.251 e. The molecule has 28 heavy (non-hydrogen) atoms. The molecule has 142 valence electrons. The van der Waals surface area contributed by atoms with E-state index in [-0.39, 0.29) is 19.1 Å². The third-order valence-electron chi connectivity index (χ3n) is 4.31. The first kappa shape index (κ1) is 19.4. The second-order valence-electron chi connectivity index (χ2n) is 6.36. The molecule has 0 aliphatic carbocycles. The lowest BCUT2D eigenvalue weighted by molar-refractivity contribution is 0.0945. The Morgan fingerprint density at radius 2 is 1.46 bits per heavy atom. The maximum atomic E-state index is 11.9. The highest BCUT2D eigenvalue weighted by Crippen LogP contribution is 2.19. The molecule has 3 N–H and O–H groups in total. The van der Waals surface area contributed by atoms with E-state index in [2.05, 4.69) is 41.0 Å². The molecule has 0 saturated carbocycles. The molecule has 3 aromatic carbocycles. The molecule has 0 heterocycles. The third-order valence-corrected chi connectivity index (χ3v) is 4.31. The summed E-state index contributed by atoms with van der Waals surface area (Å²) < 4.78 is 0. The fourth-order valence-corrected chi connectivity index (χ4v) is 2.85. The van der Waals surface area contributed by atoms with Crippen molar-refractivity contribution in [2.75, 3.05) is 25.0 Å².